The molecule has 0 fully saturated rings. The second kappa shape index (κ2) is 13.4. The van der Waals surface area contributed by atoms with Gasteiger partial charge in [-0.15, -0.1) is 0 Å². The fourth-order valence-electron chi connectivity index (χ4n) is 5.17. The van der Waals surface area contributed by atoms with E-state index in [-0.39, 0.29) is 5.41 Å². The highest BCUT2D eigenvalue weighted by molar-refractivity contribution is 6.35. The quantitative estimate of drug-likeness (QED) is 0.207. The first-order valence-electron chi connectivity index (χ1n) is 12.8. The molecule has 3 rings (SSSR count). The lowest BCUT2D eigenvalue weighted by molar-refractivity contribution is 0.315. The zero-order valence-corrected chi connectivity index (χ0v) is 22.4. The Balaban J connectivity index is 1.66. The highest BCUT2D eigenvalue weighted by atomic mass is 35.5. The van der Waals surface area contributed by atoms with Crippen molar-refractivity contribution in [3.8, 4) is 0 Å². The van der Waals surface area contributed by atoms with Gasteiger partial charge >= 0.3 is 0 Å². The zero-order valence-electron chi connectivity index (χ0n) is 20.9. The molecule has 0 aliphatic rings. The first-order valence-corrected chi connectivity index (χ1v) is 13.5. The largest absolute Gasteiger partial charge is 0.0843 e. The van der Waals surface area contributed by atoms with Crippen LogP contribution in [0.25, 0.3) is 0 Å². The van der Waals surface area contributed by atoms with E-state index < -0.39 is 0 Å². The molecule has 0 amide bonds. The molecule has 0 heterocycles. The van der Waals surface area contributed by atoms with E-state index in [4.69, 9.17) is 23.2 Å². The molecule has 0 aliphatic heterocycles. The summed E-state index contributed by atoms with van der Waals surface area (Å²) in [5, 5.41) is 1.49. The van der Waals surface area contributed by atoms with E-state index in [2.05, 4.69) is 75.4 Å². The van der Waals surface area contributed by atoms with Crippen molar-refractivity contribution in [2.24, 2.45) is 0 Å². The van der Waals surface area contributed by atoms with Gasteiger partial charge in [-0.3, -0.25) is 0 Å². The smallest absolute Gasteiger partial charge is 0.0452 e. The summed E-state index contributed by atoms with van der Waals surface area (Å²) in [4.78, 5) is 0. The maximum absolute atomic E-state index is 6.41. The van der Waals surface area contributed by atoms with Crippen LogP contribution in [-0.2, 0) is 18.3 Å². The fraction of sp³-hybridized carbons (Fsp3) is 0.406. The minimum atomic E-state index is 0.199. The molecule has 1 atom stereocenters. The standard InChI is InChI=1S/C32H39Cl2/c1-4-20-32(29-13-9-10-26(3)23-29,21-7-5-11-27-16-14-25(2)15-17-27)22-8-6-12-28-18-19-30(33)24-31(28)34/h9-10,13-19,23-24H,1,4-8,11-12,20-22H2,2-3H3. The first kappa shape index (κ1) is 26.8. The SMILES string of the molecule is [CH2]CCC(CCCCc1ccc(C)cc1)(CCCCc1ccc(Cl)cc1Cl)c1cccc(C)c1. The molecule has 0 nitrogen and oxygen atoms in total. The van der Waals surface area contributed by atoms with Crippen LogP contribution in [0.1, 0.15) is 79.2 Å². The minimum Gasteiger partial charge on any atom is -0.0843 e. The van der Waals surface area contributed by atoms with Crippen LogP contribution < -0.4 is 0 Å². The van der Waals surface area contributed by atoms with Crippen molar-refractivity contribution in [2.75, 3.05) is 0 Å². The molecule has 1 unspecified atom stereocenters. The summed E-state index contributed by atoms with van der Waals surface area (Å²) in [6, 6.07) is 24.1. The Bertz CT molecular complexity index is 1020. The van der Waals surface area contributed by atoms with Gasteiger partial charge in [-0.05, 0) is 93.0 Å². The predicted octanol–water partition coefficient (Wildman–Crippen LogP) is 10.3. The van der Waals surface area contributed by atoms with E-state index in [1.165, 1.54) is 59.9 Å². The molecule has 34 heavy (non-hydrogen) atoms. The third-order valence-corrected chi connectivity index (χ3v) is 7.73. The van der Waals surface area contributed by atoms with E-state index >= 15 is 0 Å². The van der Waals surface area contributed by atoms with Crippen LogP contribution in [0, 0.1) is 20.8 Å². The van der Waals surface area contributed by atoms with Gasteiger partial charge in [0, 0.05) is 10.0 Å². The number of halogens is 2. The Labute approximate surface area is 217 Å². The molecule has 181 valence electrons. The summed E-state index contributed by atoms with van der Waals surface area (Å²) in [6.45, 7) is 8.63. The summed E-state index contributed by atoms with van der Waals surface area (Å²) >= 11 is 12.5. The van der Waals surface area contributed by atoms with Gasteiger partial charge in [-0.25, -0.2) is 0 Å². The Morgan fingerprint density at radius 3 is 2.06 bits per heavy atom. The molecule has 2 heteroatoms. The van der Waals surface area contributed by atoms with Crippen LogP contribution >= 0.6 is 23.2 Å². The number of aryl methyl sites for hydroxylation is 4. The molecule has 0 aromatic heterocycles. The fourth-order valence-corrected chi connectivity index (χ4v) is 5.67. The predicted molar refractivity (Wildman–Crippen MR) is 150 cm³/mol. The maximum atomic E-state index is 6.41. The molecule has 0 saturated carbocycles. The summed E-state index contributed by atoms with van der Waals surface area (Å²) in [5.41, 5.74) is 7.02. The van der Waals surface area contributed by atoms with Crippen molar-refractivity contribution in [3.05, 3.63) is 112 Å². The summed E-state index contributed by atoms with van der Waals surface area (Å²) in [6.07, 6.45) is 11.5. The third-order valence-electron chi connectivity index (χ3n) is 7.14. The normalized spacial score (nSPS) is 13.1. The Kier molecular flexibility index (Phi) is 10.5. The van der Waals surface area contributed by atoms with Crippen LogP contribution in [-0.4, -0.2) is 0 Å². The highest BCUT2D eigenvalue weighted by Crippen LogP contribution is 2.40. The van der Waals surface area contributed by atoms with E-state index in [0.717, 1.165) is 37.1 Å². The monoisotopic (exact) mass is 493 g/mol. The second-order valence-corrected chi connectivity index (χ2v) is 10.7. The lowest BCUT2D eigenvalue weighted by atomic mass is 9.69. The van der Waals surface area contributed by atoms with Crippen molar-refractivity contribution in [3.63, 3.8) is 0 Å². The number of benzene rings is 3. The van der Waals surface area contributed by atoms with E-state index in [1.807, 2.05) is 12.1 Å². The topological polar surface area (TPSA) is 0 Å². The van der Waals surface area contributed by atoms with Gasteiger partial charge in [0.2, 0.25) is 0 Å². The molecule has 3 aromatic carbocycles. The van der Waals surface area contributed by atoms with E-state index in [9.17, 15) is 0 Å². The molecule has 1 radical (unpaired) electrons. The highest BCUT2D eigenvalue weighted by Gasteiger charge is 2.30. The number of rotatable bonds is 13. The molecule has 0 spiro atoms. The van der Waals surface area contributed by atoms with Crippen LogP contribution in [0.2, 0.25) is 10.0 Å². The number of hydrogen-bond acceptors (Lipinski definition) is 0. The van der Waals surface area contributed by atoms with Crippen molar-refractivity contribution in [1.82, 2.24) is 0 Å². The van der Waals surface area contributed by atoms with Gasteiger partial charge in [0.1, 0.15) is 0 Å². The average molecular weight is 495 g/mol. The van der Waals surface area contributed by atoms with Gasteiger partial charge in [-0.2, -0.15) is 0 Å². The minimum absolute atomic E-state index is 0.199. The van der Waals surface area contributed by atoms with E-state index in [1.54, 1.807) is 0 Å². The van der Waals surface area contributed by atoms with Gasteiger partial charge in [0.05, 0.1) is 0 Å². The number of unbranched alkanes of at least 4 members (excludes halogenated alkanes) is 2. The van der Waals surface area contributed by atoms with Gasteiger partial charge in [0.15, 0.2) is 0 Å². The Morgan fingerprint density at radius 2 is 1.41 bits per heavy atom. The molecule has 0 N–H and O–H groups in total. The average Bonchev–Trinajstić information content (AvgIpc) is 2.81. The van der Waals surface area contributed by atoms with Crippen molar-refractivity contribution < 1.29 is 0 Å². The molecular weight excluding hydrogens is 455 g/mol. The summed E-state index contributed by atoms with van der Waals surface area (Å²) < 4.78 is 0. The van der Waals surface area contributed by atoms with Gasteiger partial charge in [-0.1, -0.05) is 115 Å². The van der Waals surface area contributed by atoms with Gasteiger partial charge < -0.3 is 0 Å². The Hall–Kier alpha value is -1.76. The molecule has 3 aromatic rings. The summed E-state index contributed by atoms with van der Waals surface area (Å²) in [5.74, 6) is 0. The molecule has 0 saturated heterocycles. The third kappa shape index (κ3) is 7.89. The molecule has 0 aliphatic carbocycles. The lowest BCUT2D eigenvalue weighted by Gasteiger charge is -2.35. The van der Waals surface area contributed by atoms with Crippen molar-refractivity contribution in [2.45, 2.75) is 83.5 Å². The second-order valence-electron chi connectivity index (χ2n) is 9.89. The molecule has 0 bridgehead atoms. The van der Waals surface area contributed by atoms with Gasteiger partial charge in [0.25, 0.3) is 0 Å². The van der Waals surface area contributed by atoms with Crippen LogP contribution in [0.5, 0.6) is 0 Å². The molecular formula is C32H39Cl2. The first-order chi connectivity index (χ1) is 16.4. The Morgan fingerprint density at radius 1 is 0.706 bits per heavy atom. The number of hydrogen-bond donors (Lipinski definition) is 0. The van der Waals surface area contributed by atoms with Crippen LogP contribution in [0.3, 0.4) is 0 Å². The van der Waals surface area contributed by atoms with E-state index in [0.29, 0.717) is 5.02 Å². The van der Waals surface area contributed by atoms with Crippen LogP contribution in [0.4, 0.5) is 0 Å². The van der Waals surface area contributed by atoms with Crippen molar-refractivity contribution in [1.29, 1.82) is 0 Å². The van der Waals surface area contributed by atoms with Crippen molar-refractivity contribution >= 4 is 23.2 Å². The lowest BCUT2D eigenvalue weighted by Crippen LogP contribution is -2.26. The summed E-state index contributed by atoms with van der Waals surface area (Å²) in [7, 11) is 0. The maximum Gasteiger partial charge on any atom is 0.0452 e. The van der Waals surface area contributed by atoms with Crippen LogP contribution in [0.15, 0.2) is 66.7 Å². The zero-order chi connectivity index (χ0) is 24.4.